The van der Waals surface area contributed by atoms with Gasteiger partial charge in [-0.15, -0.1) is 0 Å². The van der Waals surface area contributed by atoms with E-state index in [1.807, 2.05) is 18.2 Å². The number of aliphatic hydroxyl groups excluding tert-OH is 1. The number of benzene rings is 2. The molecule has 0 amide bonds. The number of hydrogen-bond acceptors (Lipinski definition) is 5. The van der Waals surface area contributed by atoms with Gasteiger partial charge in [0.2, 0.25) is 0 Å². The molecule has 226 valence electrons. The summed E-state index contributed by atoms with van der Waals surface area (Å²) in [6, 6.07) is 14.9. The summed E-state index contributed by atoms with van der Waals surface area (Å²) in [6.07, 6.45) is 13.8. The molecular weight excluding hydrogens is 515 g/mol. The molecule has 2 aromatic carbocycles. The van der Waals surface area contributed by atoms with Crippen molar-refractivity contribution >= 4 is 0 Å². The Morgan fingerprint density at radius 1 is 0.902 bits per heavy atom. The summed E-state index contributed by atoms with van der Waals surface area (Å²) in [5.41, 5.74) is 1.25. The fourth-order valence-electron chi connectivity index (χ4n) is 6.31. The molecule has 3 rings (SSSR count). The van der Waals surface area contributed by atoms with Gasteiger partial charge in [-0.25, -0.2) is 4.39 Å². The molecule has 6 heteroatoms. The molecule has 1 aliphatic rings. The van der Waals surface area contributed by atoms with Crippen LogP contribution < -0.4 is 9.47 Å². The van der Waals surface area contributed by atoms with Crippen LogP contribution in [-0.4, -0.2) is 43.9 Å². The molecule has 41 heavy (non-hydrogen) atoms. The van der Waals surface area contributed by atoms with E-state index >= 15 is 0 Å². The summed E-state index contributed by atoms with van der Waals surface area (Å²) >= 11 is 0. The number of piperidine rings is 1. The van der Waals surface area contributed by atoms with Crippen molar-refractivity contribution in [2.75, 3.05) is 33.9 Å². The number of nitriles is 1. The van der Waals surface area contributed by atoms with Crippen LogP contribution in [0, 0.1) is 23.1 Å². The normalized spacial score (nSPS) is 16.6. The Morgan fingerprint density at radius 2 is 1.51 bits per heavy atom. The molecule has 0 bridgehead atoms. The smallest absolute Gasteiger partial charge is 0.161 e. The minimum Gasteiger partial charge on any atom is -0.493 e. The Labute approximate surface area is 247 Å². The van der Waals surface area contributed by atoms with Gasteiger partial charge in [0.05, 0.1) is 31.8 Å². The Balaban J connectivity index is 1.57. The van der Waals surface area contributed by atoms with E-state index in [1.165, 1.54) is 50.7 Å². The molecule has 1 N–H and O–H groups in total. The standard InChI is InChI=1S/C35H51FN2O3/c1-4-5-6-7-8-9-10-11-21-35(27-37,30-15-18-32(40-2)33(26-30)41-3)22-12-23-38-24-19-29(20-25-38)34(39)28-13-16-31(36)17-14-28/h13-18,26,29,34,39H,4-12,19-25H2,1-3H3. The molecule has 0 spiro atoms. The van der Waals surface area contributed by atoms with Crippen LogP contribution in [0.1, 0.15) is 108 Å². The minimum atomic E-state index is -0.557. The van der Waals surface area contributed by atoms with Crippen molar-refractivity contribution in [1.29, 1.82) is 5.26 Å². The number of methoxy groups -OCH3 is 2. The van der Waals surface area contributed by atoms with E-state index in [-0.39, 0.29) is 11.7 Å². The number of likely N-dealkylation sites (tertiary alicyclic amines) is 1. The molecule has 1 saturated heterocycles. The van der Waals surface area contributed by atoms with Crippen molar-refractivity contribution in [2.24, 2.45) is 5.92 Å². The quantitative estimate of drug-likeness (QED) is 0.184. The predicted octanol–water partition coefficient (Wildman–Crippen LogP) is 8.36. The van der Waals surface area contributed by atoms with Gasteiger partial charge in [-0.3, -0.25) is 0 Å². The lowest BCUT2D eigenvalue weighted by atomic mass is 9.74. The molecule has 2 atom stereocenters. The van der Waals surface area contributed by atoms with Crippen LogP contribution in [0.3, 0.4) is 0 Å². The summed E-state index contributed by atoms with van der Waals surface area (Å²) in [4.78, 5) is 2.46. The number of nitrogens with zero attached hydrogens (tertiary/aromatic N) is 2. The van der Waals surface area contributed by atoms with Crippen LogP contribution in [0.5, 0.6) is 11.5 Å². The molecule has 0 aliphatic carbocycles. The van der Waals surface area contributed by atoms with Crippen LogP contribution >= 0.6 is 0 Å². The highest BCUT2D eigenvalue weighted by Gasteiger charge is 2.33. The zero-order valence-electron chi connectivity index (χ0n) is 25.5. The molecule has 1 aliphatic heterocycles. The SMILES string of the molecule is CCCCCCCCCCC(C#N)(CCCN1CCC(C(O)c2ccc(F)cc2)CC1)c1ccc(OC)c(OC)c1. The maximum Gasteiger partial charge on any atom is 0.161 e. The average molecular weight is 567 g/mol. The number of aliphatic hydroxyl groups is 1. The Bertz CT molecular complexity index is 1060. The van der Waals surface area contributed by atoms with E-state index in [9.17, 15) is 14.8 Å². The third kappa shape index (κ3) is 9.72. The van der Waals surface area contributed by atoms with E-state index in [1.54, 1.807) is 26.4 Å². The second-order valence-electron chi connectivity index (χ2n) is 11.8. The third-order valence-corrected chi connectivity index (χ3v) is 8.98. The molecule has 2 aromatic rings. The van der Waals surface area contributed by atoms with E-state index in [0.29, 0.717) is 11.5 Å². The largest absolute Gasteiger partial charge is 0.493 e. The van der Waals surface area contributed by atoms with E-state index in [0.717, 1.165) is 75.7 Å². The summed E-state index contributed by atoms with van der Waals surface area (Å²) in [5, 5.41) is 21.4. The monoisotopic (exact) mass is 566 g/mol. The van der Waals surface area contributed by atoms with Gasteiger partial charge in [-0.2, -0.15) is 5.26 Å². The maximum atomic E-state index is 13.3. The zero-order chi connectivity index (χ0) is 29.5. The number of unbranched alkanes of at least 4 members (excludes halogenated alkanes) is 7. The molecule has 0 radical (unpaired) electrons. The first-order chi connectivity index (χ1) is 20.0. The van der Waals surface area contributed by atoms with E-state index in [4.69, 9.17) is 9.47 Å². The molecule has 0 saturated carbocycles. The van der Waals surface area contributed by atoms with Gasteiger partial charge in [-0.1, -0.05) is 76.5 Å². The first-order valence-electron chi connectivity index (χ1n) is 15.8. The molecule has 1 fully saturated rings. The molecule has 2 unspecified atom stereocenters. The van der Waals surface area contributed by atoms with Crippen molar-refractivity contribution in [1.82, 2.24) is 4.90 Å². The van der Waals surface area contributed by atoms with Gasteiger partial charge in [0.1, 0.15) is 5.82 Å². The number of ether oxygens (including phenoxy) is 2. The maximum absolute atomic E-state index is 13.3. The lowest BCUT2D eigenvalue weighted by molar-refractivity contribution is 0.0580. The van der Waals surface area contributed by atoms with Crippen molar-refractivity contribution in [2.45, 2.75) is 102 Å². The van der Waals surface area contributed by atoms with E-state index < -0.39 is 11.5 Å². The van der Waals surface area contributed by atoms with Gasteiger partial charge in [0, 0.05) is 0 Å². The summed E-state index contributed by atoms with van der Waals surface area (Å²) < 4.78 is 24.3. The predicted molar refractivity (Wildman–Crippen MR) is 164 cm³/mol. The van der Waals surface area contributed by atoms with Crippen LogP contribution in [0.4, 0.5) is 4.39 Å². The Kier molecular flexibility index (Phi) is 13.9. The molecule has 0 aromatic heterocycles. The minimum absolute atomic E-state index is 0.184. The third-order valence-electron chi connectivity index (χ3n) is 8.98. The molecule has 5 nitrogen and oxygen atoms in total. The number of rotatable bonds is 18. The second kappa shape index (κ2) is 17.4. The van der Waals surface area contributed by atoms with Gasteiger partial charge in [0.25, 0.3) is 0 Å². The fourth-order valence-corrected chi connectivity index (χ4v) is 6.31. The first-order valence-corrected chi connectivity index (χ1v) is 15.8. The fraction of sp³-hybridized carbons (Fsp3) is 0.629. The average Bonchev–Trinajstić information content (AvgIpc) is 3.01. The highest BCUT2D eigenvalue weighted by atomic mass is 19.1. The van der Waals surface area contributed by atoms with E-state index in [2.05, 4.69) is 17.9 Å². The topological polar surface area (TPSA) is 65.7 Å². The first kappa shape index (κ1) is 32.9. The molecular formula is C35H51FN2O3. The van der Waals surface area contributed by atoms with Gasteiger partial charge in [0.15, 0.2) is 11.5 Å². The highest BCUT2D eigenvalue weighted by Crippen LogP contribution is 2.39. The highest BCUT2D eigenvalue weighted by molar-refractivity contribution is 5.47. The van der Waals surface area contributed by atoms with Gasteiger partial charge < -0.3 is 19.5 Å². The van der Waals surface area contributed by atoms with Crippen LogP contribution in [0.15, 0.2) is 42.5 Å². The van der Waals surface area contributed by atoms with Crippen LogP contribution in [0.25, 0.3) is 0 Å². The van der Waals surface area contributed by atoms with Crippen molar-refractivity contribution in [3.8, 4) is 17.6 Å². The van der Waals surface area contributed by atoms with Crippen molar-refractivity contribution < 1.29 is 19.0 Å². The van der Waals surface area contributed by atoms with Crippen molar-refractivity contribution in [3.05, 3.63) is 59.4 Å². The summed E-state index contributed by atoms with van der Waals surface area (Å²) in [5.74, 6) is 1.26. The zero-order valence-corrected chi connectivity index (χ0v) is 25.5. The van der Waals surface area contributed by atoms with Gasteiger partial charge in [-0.05, 0) is 93.0 Å². The van der Waals surface area contributed by atoms with Crippen molar-refractivity contribution in [3.63, 3.8) is 0 Å². The van der Waals surface area contributed by atoms with Gasteiger partial charge >= 0.3 is 0 Å². The molecule has 1 heterocycles. The van der Waals surface area contributed by atoms with Crippen LogP contribution in [0.2, 0.25) is 0 Å². The lowest BCUT2D eigenvalue weighted by Crippen LogP contribution is -2.37. The second-order valence-corrected chi connectivity index (χ2v) is 11.8. The number of hydrogen-bond donors (Lipinski definition) is 1. The Hall–Kier alpha value is -2.62. The lowest BCUT2D eigenvalue weighted by Gasteiger charge is -2.35. The van der Waals surface area contributed by atoms with Crippen LogP contribution in [-0.2, 0) is 5.41 Å². The number of halogens is 1. The Morgan fingerprint density at radius 3 is 2.12 bits per heavy atom. The summed E-state index contributed by atoms with van der Waals surface area (Å²) in [6.45, 7) is 5.04. The summed E-state index contributed by atoms with van der Waals surface area (Å²) in [7, 11) is 3.28.